The van der Waals surface area contributed by atoms with Crippen molar-refractivity contribution in [3.8, 4) is 0 Å². The monoisotopic (exact) mass is 184 g/mol. The van der Waals surface area contributed by atoms with Crippen molar-refractivity contribution in [3.63, 3.8) is 0 Å². The Morgan fingerprint density at radius 3 is 2.77 bits per heavy atom. The van der Waals surface area contributed by atoms with E-state index in [0.717, 1.165) is 6.42 Å². The number of hydrogen-bond acceptors (Lipinski definition) is 5. The summed E-state index contributed by atoms with van der Waals surface area (Å²) in [7, 11) is 1.68. The molecule has 0 radical (unpaired) electrons. The van der Waals surface area contributed by atoms with E-state index in [1.54, 1.807) is 7.05 Å². The molecule has 13 heavy (non-hydrogen) atoms. The highest BCUT2D eigenvalue weighted by atomic mass is 16.6. The Morgan fingerprint density at radius 2 is 2.31 bits per heavy atom. The van der Waals surface area contributed by atoms with Crippen molar-refractivity contribution in [3.05, 3.63) is 5.69 Å². The van der Waals surface area contributed by atoms with Crippen LogP contribution in [0.25, 0.3) is 0 Å². The number of hydrogen-bond donors (Lipinski definition) is 1. The molecule has 0 saturated heterocycles. The number of carbonyl (C=O) groups excluding carboxylic acids is 1. The van der Waals surface area contributed by atoms with Crippen molar-refractivity contribution in [2.45, 2.75) is 13.3 Å². The lowest BCUT2D eigenvalue weighted by atomic mass is 10.3. The molecule has 0 saturated carbocycles. The molecule has 1 rings (SSSR count). The van der Waals surface area contributed by atoms with Crippen molar-refractivity contribution < 1.29 is 9.42 Å². The van der Waals surface area contributed by atoms with Gasteiger partial charge in [0.25, 0.3) is 5.91 Å². The van der Waals surface area contributed by atoms with E-state index in [0.29, 0.717) is 6.54 Å². The zero-order valence-corrected chi connectivity index (χ0v) is 7.65. The summed E-state index contributed by atoms with van der Waals surface area (Å²) in [6.45, 7) is 2.64. The summed E-state index contributed by atoms with van der Waals surface area (Å²) in [4.78, 5) is 13.0. The van der Waals surface area contributed by atoms with Gasteiger partial charge in [-0.15, -0.1) is 0 Å². The van der Waals surface area contributed by atoms with Crippen LogP contribution in [0.5, 0.6) is 0 Å². The standard InChI is InChI=1S/C7H12N4O2/c1-3-4-11(2)7(12)5-6(8)10-13-9-5/h3-4H2,1-2H3,(H2,8,10). The third-order valence-electron chi connectivity index (χ3n) is 1.62. The van der Waals surface area contributed by atoms with Gasteiger partial charge in [0.2, 0.25) is 11.5 Å². The van der Waals surface area contributed by atoms with Gasteiger partial charge in [-0.05, 0) is 16.7 Å². The molecule has 2 N–H and O–H groups in total. The molecule has 1 aromatic rings. The average molecular weight is 184 g/mol. The number of aromatic nitrogens is 2. The minimum atomic E-state index is -0.263. The van der Waals surface area contributed by atoms with Gasteiger partial charge in [0.05, 0.1) is 0 Å². The average Bonchev–Trinajstić information content (AvgIpc) is 2.50. The topological polar surface area (TPSA) is 85.2 Å². The summed E-state index contributed by atoms with van der Waals surface area (Å²) < 4.78 is 4.32. The third kappa shape index (κ3) is 1.95. The van der Waals surface area contributed by atoms with Crippen LogP contribution < -0.4 is 5.73 Å². The minimum Gasteiger partial charge on any atom is -0.379 e. The van der Waals surface area contributed by atoms with Crippen LogP contribution in [0.4, 0.5) is 5.82 Å². The van der Waals surface area contributed by atoms with E-state index in [1.807, 2.05) is 6.92 Å². The van der Waals surface area contributed by atoms with Crippen LogP contribution in [0.15, 0.2) is 4.63 Å². The van der Waals surface area contributed by atoms with Gasteiger partial charge in [0.1, 0.15) is 0 Å². The van der Waals surface area contributed by atoms with Crippen molar-refractivity contribution >= 4 is 11.7 Å². The molecule has 1 aromatic heterocycles. The number of nitrogens with two attached hydrogens (primary N) is 1. The molecule has 0 unspecified atom stereocenters. The fourth-order valence-corrected chi connectivity index (χ4v) is 0.962. The first kappa shape index (κ1) is 9.50. The second-order valence-electron chi connectivity index (χ2n) is 2.72. The molecular weight excluding hydrogens is 172 g/mol. The molecule has 0 aliphatic heterocycles. The van der Waals surface area contributed by atoms with Gasteiger partial charge in [-0.2, -0.15) is 0 Å². The van der Waals surface area contributed by atoms with Crippen molar-refractivity contribution in [2.24, 2.45) is 0 Å². The number of amides is 1. The van der Waals surface area contributed by atoms with E-state index in [1.165, 1.54) is 4.90 Å². The Balaban J connectivity index is 2.73. The molecular formula is C7H12N4O2. The largest absolute Gasteiger partial charge is 0.379 e. The number of anilines is 1. The van der Waals surface area contributed by atoms with Crippen LogP contribution >= 0.6 is 0 Å². The van der Waals surface area contributed by atoms with Gasteiger partial charge in [-0.3, -0.25) is 4.79 Å². The summed E-state index contributed by atoms with van der Waals surface area (Å²) in [5, 5.41) is 6.74. The van der Waals surface area contributed by atoms with Gasteiger partial charge >= 0.3 is 0 Å². The van der Waals surface area contributed by atoms with Crippen LogP contribution in [0.1, 0.15) is 23.8 Å². The Bertz CT molecular complexity index is 296. The van der Waals surface area contributed by atoms with Gasteiger partial charge in [-0.1, -0.05) is 6.92 Å². The molecule has 0 fully saturated rings. The lowest BCUT2D eigenvalue weighted by molar-refractivity contribution is 0.0785. The number of nitrogen functional groups attached to an aromatic ring is 1. The molecule has 0 aromatic carbocycles. The van der Waals surface area contributed by atoms with E-state index in [4.69, 9.17) is 5.73 Å². The van der Waals surface area contributed by atoms with Crippen LogP contribution in [0, 0.1) is 0 Å². The van der Waals surface area contributed by atoms with Gasteiger partial charge in [0, 0.05) is 13.6 Å². The van der Waals surface area contributed by atoms with Crippen molar-refractivity contribution in [2.75, 3.05) is 19.3 Å². The van der Waals surface area contributed by atoms with Gasteiger partial charge in [-0.25, -0.2) is 4.63 Å². The highest BCUT2D eigenvalue weighted by molar-refractivity contribution is 5.95. The molecule has 6 heteroatoms. The number of rotatable bonds is 3. The lowest BCUT2D eigenvalue weighted by Gasteiger charge is -2.13. The maximum absolute atomic E-state index is 11.5. The van der Waals surface area contributed by atoms with Crippen molar-refractivity contribution in [1.29, 1.82) is 0 Å². The highest BCUT2D eigenvalue weighted by Crippen LogP contribution is 2.07. The molecule has 1 heterocycles. The Labute approximate surface area is 75.7 Å². The Hall–Kier alpha value is -1.59. The van der Waals surface area contributed by atoms with E-state index in [2.05, 4.69) is 14.9 Å². The quantitative estimate of drug-likeness (QED) is 0.721. The molecule has 0 spiro atoms. The zero-order chi connectivity index (χ0) is 9.84. The summed E-state index contributed by atoms with van der Waals surface area (Å²) >= 11 is 0. The zero-order valence-electron chi connectivity index (χ0n) is 7.65. The van der Waals surface area contributed by atoms with Crippen molar-refractivity contribution in [1.82, 2.24) is 15.2 Å². The van der Waals surface area contributed by atoms with Crippen LogP contribution in [-0.2, 0) is 0 Å². The smallest absolute Gasteiger partial charge is 0.279 e. The summed E-state index contributed by atoms with van der Waals surface area (Å²) in [6, 6.07) is 0. The number of carbonyl (C=O) groups is 1. The number of nitrogens with zero attached hydrogens (tertiary/aromatic N) is 3. The second-order valence-corrected chi connectivity index (χ2v) is 2.72. The van der Waals surface area contributed by atoms with Gasteiger partial charge < -0.3 is 10.6 Å². The first-order valence-electron chi connectivity index (χ1n) is 4.00. The fourth-order valence-electron chi connectivity index (χ4n) is 0.962. The minimum absolute atomic E-state index is 0.0351. The second kappa shape index (κ2) is 3.88. The predicted molar refractivity (Wildman–Crippen MR) is 46.0 cm³/mol. The van der Waals surface area contributed by atoms with Crippen LogP contribution in [-0.4, -0.2) is 34.7 Å². The first-order valence-corrected chi connectivity index (χ1v) is 4.00. The van der Waals surface area contributed by atoms with E-state index >= 15 is 0 Å². The lowest BCUT2D eigenvalue weighted by Crippen LogP contribution is -2.28. The first-order chi connectivity index (χ1) is 6.16. The summed E-state index contributed by atoms with van der Waals surface area (Å²) in [5.74, 6) is -0.228. The molecule has 6 nitrogen and oxygen atoms in total. The van der Waals surface area contributed by atoms with E-state index in [-0.39, 0.29) is 17.4 Å². The van der Waals surface area contributed by atoms with Crippen LogP contribution in [0.2, 0.25) is 0 Å². The summed E-state index contributed by atoms with van der Waals surface area (Å²) in [5.41, 5.74) is 5.44. The summed E-state index contributed by atoms with van der Waals surface area (Å²) in [6.07, 6.45) is 0.882. The molecule has 0 bridgehead atoms. The Morgan fingerprint density at radius 1 is 1.62 bits per heavy atom. The molecule has 1 amide bonds. The molecule has 0 aliphatic rings. The predicted octanol–water partition coefficient (Wildman–Crippen LogP) is 0.134. The van der Waals surface area contributed by atoms with Crippen LogP contribution in [0.3, 0.4) is 0 Å². The maximum Gasteiger partial charge on any atom is 0.279 e. The van der Waals surface area contributed by atoms with E-state index < -0.39 is 0 Å². The third-order valence-corrected chi connectivity index (χ3v) is 1.62. The highest BCUT2D eigenvalue weighted by Gasteiger charge is 2.18. The Kier molecular flexibility index (Phi) is 2.84. The molecule has 72 valence electrons. The van der Waals surface area contributed by atoms with Gasteiger partial charge in [0.15, 0.2) is 0 Å². The fraction of sp³-hybridized carbons (Fsp3) is 0.571. The molecule has 0 aliphatic carbocycles. The molecule has 0 atom stereocenters. The SMILES string of the molecule is CCCN(C)C(=O)c1nonc1N. The van der Waals surface area contributed by atoms with E-state index in [9.17, 15) is 4.79 Å². The normalized spacial score (nSPS) is 10.0. The maximum atomic E-state index is 11.5.